The SMILES string of the molecule is O=C1CSC(=S)N1c1ncccn1. The van der Waals surface area contributed by atoms with E-state index in [1.54, 1.807) is 18.5 Å². The largest absolute Gasteiger partial charge is 0.273 e. The van der Waals surface area contributed by atoms with Crippen molar-refractivity contribution in [3.8, 4) is 0 Å². The second-order valence-electron chi connectivity index (χ2n) is 2.33. The van der Waals surface area contributed by atoms with Gasteiger partial charge in [-0.2, -0.15) is 0 Å². The van der Waals surface area contributed by atoms with Crippen molar-refractivity contribution in [3.05, 3.63) is 18.5 Å². The molecule has 1 aliphatic heterocycles. The number of carbonyl (C=O) groups excluding carboxylic acids is 1. The van der Waals surface area contributed by atoms with Crippen molar-refractivity contribution >= 4 is 40.2 Å². The van der Waals surface area contributed by atoms with Crippen LogP contribution in [0.1, 0.15) is 0 Å². The molecule has 13 heavy (non-hydrogen) atoms. The van der Waals surface area contributed by atoms with Crippen molar-refractivity contribution in [3.63, 3.8) is 0 Å². The van der Waals surface area contributed by atoms with Crippen LogP contribution in [0.25, 0.3) is 0 Å². The van der Waals surface area contributed by atoms with Crippen LogP contribution in [0.3, 0.4) is 0 Å². The lowest BCUT2D eigenvalue weighted by atomic mass is 10.6. The van der Waals surface area contributed by atoms with Crippen LogP contribution < -0.4 is 4.90 Å². The molecule has 0 atom stereocenters. The fourth-order valence-electron chi connectivity index (χ4n) is 0.954. The van der Waals surface area contributed by atoms with Crippen molar-refractivity contribution in [2.75, 3.05) is 10.7 Å². The van der Waals surface area contributed by atoms with Crippen LogP contribution in [0.4, 0.5) is 5.95 Å². The predicted octanol–water partition coefficient (Wildman–Crippen LogP) is 0.841. The molecule has 0 aromatic carbocycles. The van der Waals surface area contributed by atoms with Gasteiger partial charge in [0.25, 0.3) is 0 Å². The first-order valence-electron chi connectivity index (χ1n) is 3.56. The summed E-state index contributed by atoms with van der Waals surface area (Å²) < 4.78 is 0.524. The molecule has 0 unspecified atom stereocenters. The summed E-state index contributed by atoms with van der Waals surface area (Å²) in [5.74, 6) is 0.695. The zero-order valence-corrected chi connectivity index (χ0v) is 8.14. The summed E-state index contributed by atoms with van der Waals surface area (Å²) in [5, 5.41) is 0. The van der Waals surface area contributed by atoms with Crippen molar-refractivity contribution in [2.45, 2.75) is 0 Å². The van der Waals surface area contributed by atoms with Gasteiger partial charge in [0.1, 0.15) is 0 Å². The van der Waals surface area contributed by atoms with E-state index in [4.69, 9.17) is 12.2 Å². The lowest BCUT2D eigenvalue weighted by molar-refractivity contribution is -0.115. The maximum absolute atomic E-state index is 11.3. The molecule has 0 radical (unpaired) electrons. The lowest BCUT2D eigenvalue weighted by Crippen LogP contribution is -2.29. The summed E-state index contributed by atoms with van der Waals surface area (Å²) >= 11 is 6.32. The number of carbonyl (C=O) groups is 1. The second-order valence-corrected chi connectivity index (χ2v) is 3.94. The van der Waals surface area contributed by atoms with Gasteiger partial charge in [0.15, 0.2) is 4.32 Å². The van der Waals surface area contributed by atoms with Crippen LogP contribution in [0.15, 0.2) is 18.5 Å². The van der Waals surface area contributed by atoms with E-state index in [1.165, 1.54) is 16.7 Å². The molecular formula is C7H5N3OS2. The van der Waals surface area contributed by atoms with E-state index in [2.05, 4.69) is 9.97 Å². The van der Waals surface area contributed by atoms with Crippen molar-refractivity contribution < 1.29 is 4.79 Å². The molecule has 0 saturated carbocycles. The molecule has 1 aliphatic rings. The molecule has 4 nitrogen and oxygen atoms in total. The van der Waals surface area contributed by atoms with Crippen molar-refractivity contribution in [1.82, 2.24) is 9.97 Å². The van der Waals surface area contributed by atoms with E-state index in [9.17, 15) is 4.79 Å². The van der Waals surface area contributed by atoms with Gasteiger partial charge in [0.05, 0.1) is 5.75 Å². The first kappa shape index (κ1) is 8.58. The Morgan fingerprint density at radius 2 is 2.15 bits per heavy atom. The van der Waals surface area contributed by atoms with E-state index < -0.39 is 0 Å². The number of hydrogen-bond acceptors (Lipinski definition) is 5. The van der Waals surface area contributed by atoms with Crippen molar-refractivity contribution in [1.29, 1.82) is 0 Å². The van der Waals surface area contributed by atoms with Gasteiger partial charge in [-0.1, -0.05) is 24.0 Å². The summed E-state index contributed by atoms with van der Waals surface area (Å²) in [5.41, 5.74) is 0. The van der Waals surface area contributed by atoms with E-state index in [0.29, 0.717) is 16.0 Å². The van der Waals surface area contributed by atoms with Gasteiger partial charge in [-0.3, -0.25) is 4.79 Å². The highest BCUT2D eigenvalue weighted by molar-refractivity contribution is 8.24. The van der Waals surface area contributed by atoms with E-state index >= 15 is 0 Å². The van der Waals surface area contributed by atoms with E-state index in [-0.39, 0.29) is 5.91 Å². The summed E-state index contributed by atoms with van der Waals surface area (Å²) in [6, 6.07) is 1.69. The number of aromatic nitrogens is 2. The van der Waals surface area contributed by atoms with Crippen LogP contribution in [0, 0.1) is 0 Å². The molecular weight excluding hydrogens is 206 g/mol. The van der Waals surface area contributed by atoms with Gasteiger partial charge in [-0.25, -0.2) is 14.9 Å². The quantitative estimate of drug-likeness (QED) is 0.644. The molecule has 0 spiro atoms. The summed E-state index contributed by atoms with van der Waals surface area (Å²) in [6.45, 7) is 0. The highest BCUT2D eigenvalue weighted by Crippen LogP contribution is 2.22. The zero-order valence-electron chi connectivity index (χ0n) is 6.51. The molecule has 1 amide bonds. The molecule has 1 fully saturated rings. The summed E-state index contributed by atoms with van der Waals surface area (Å²) in [6.07, 6.45) is 3.17. The minimum atomic E-state index is -0.0544. The Balaban J connectivity index is 2.36. The third-order valence-corrected chi connectivity index (χ3v) is 2.86. The molecule has 6 heteroatoms. The van der Waals surface area contributed by atoms with Gasteiger partial charge in [-0.05, 0) is 6.07 Å². The average molecular weight is 211 g/mol. The number of amides is 1. The van der Waals surface area contributed by atoms with E-state index in [1.807, 2.05) is 0 Å². The summed E-state index contributed by atoms with van der Waals surface area (Å²) in [7, 11) is 0. The van der Waals surface area contributed by atoms with Gasteiger partial charge in [0, 0.05) is 12.4 Å². The molecule has 1 saturated heterocycles. The Morgan fingerprint density at radius 1 is 1.46 bits per heavy atom. The van der Waals surface area contributed by atoms with Gasteiger partial charge >= 0.3 is 0 Å². The minimum Gasteiger partial charge on any atom is -0.273 e. The molecule has 1 aromatic rings. The molecule has 0 bridgehead atoms. The Labute approximate surface area is 84.4 Å². The first-order valence-corrected chi connectivity index (χ1v) is 4.95. The van der Waals surface area contributed by atoms with Crippen LogP contribution in [-0.2, 0) is 4.79 Å². The van der Waals surface area contributed by atoms with Crippen LogP contribution in [-0.4, -0.2) is 25.9 Å². The Kier molecular flexibility index (Phi) is 2.24. The smallest absolute Gasteiger partial charge is 0.245 e. The monoisotopic (exact) mass is 211 g/mol. The Bertz CT molecular complexity index is 338. The third kappa shape index (κ3) is 1.54. The second kappa shape index (κ2) is 3.39. The normalized spacial score (nSPS) is 16.8. The van der Waals surface area contributed by atoms with Gasteiger partial charge in [0.2, 0.25) is 11.9 Å². The molecule has 0 aliphatic carbocycles. The number of hydrogen-bond donors (Lipinski definition) is 0. The third-order valence-electron chi connectivity index (χ3n) is 1.50. The molecule has 2 rings (SSSR count). The van der Waals surface area contributed by atoms with Crippen LogP contribution >= 0.6 is 24.0 Å². The zero-order chi connectivity index (χ0) is 9.26. The first-order chi connectivity index (χ1) is 6.29. The lowest BCUT2D eigenvalue weighted by Gasteiger charge is -2.10. The minimum absolute atomic E-state index is 0.0544. The van der Waals surface area contributed by atoms with Crippen molar-refractivity contribution in [2.24, 2.45) is 0 Å². The maximum atomic E-state index is 11.3. The summed E-state index contributed by atoms with van der Waals surface area (Å²) in [4.78, 5) is 20.6. The van der Waals surface area contributed by atoms with Crippen LogP contribution in [0.2, 0.25) is 0 Å². The van der Waals surface area contributed by atoms with Crippen LogP contribution in [0.5, 0.6) is 0 Å². The topological polar surface area (TPSA) is 46.1 Å². The average Bonchev–Trinajstić information content (AvgIpc) is 2.48. The van der Waals surface area contributed by atoms with Gasteiger partial charge in [-0.15, -0.1) is 0 Å². The molecule has 0 N–H and O–H groups in total. The maximum Gasteiger partial charge on any atom is 0.245 e. The molecule has 2 heterocycles. The molecule has 1 aromatic heterocycles. The van der Waals surface area contributed by atoms with E-state index in [0.717, 1.165) is 0 Å². The fraction of sp³-hybridized carbons (Fsp3) is 0.143. The predicted molar refractivity (Wildman–Crippen MR) is 54.6 cm³/mol. The number of anilines is 1. The highest BCUT2D eigenvalue weighted by Gasteiger charge is 2.29. The Hall–Kier alpha value is -1.01. The number of thiocarbonyl (C=S) groups is 1. The highest BCUT2D eigenvalue weighted by atomic mass is 32.2. The molecule has 66 valence electrons. The Morgan fingerprint density at radius 3 is 2.69 bits per heavy atom. The number of rotatable bonds is 1. The van der Waals surface area contributed by atoms with Gasteiger partial charge < -0.3 is 0 Å². The number of thioether (sulfide) groups is 1. The number of nitrogens with zero attached hydrogens (tertiary/aromatic N) is 3. The fourth-order valence-corrected chi connectivity index (χ4v) is 2.00. The standard InChI is InChI=1S/C7H5N3OS2/c11-5-4-13-7(12)10(5)6-8-2-1-3-9-6/h1-3H,4H2.